The molecular formula is C14H21N3O4S. The second kappa shape index (κ2) is 7.17. The molecule has 0 unspecified atom stereocenters. The largest absolute Gasteiger partial charge is 0.391 e. The fraction of sp³-hybridized carbons (Fsp3) is 0.571. The van der Waals surface area contributed by atoms with E-state index in [9.17, 15) is 18.3 Å². The van der Waals surface area contributed by atoms with Gasteiger partial charge in [0.15, 0.2) is 0 Å². The molecule has 0 spiro atoms. The molecule has 2 rings (SSSR count). The first-order valence-corrected chi connectivity index (χ1v) is 9.04. The second-order valence-electron chi connectivity index (χ2n) is 5.57. The van der Waals surface area contributed by atoms with E-state index in [0.717, 1.165) is 11.9 Å². The summed E-state index contributed by atoms with van der Waals surface area (Å²) >= 11 is 0. The minimum absolute atomic E-state index is 0.0401. The predicted octanol–water partition coefficient (Wildman–Crippen LogP) is -0.617. The lowest BCUT2D eigenvalue weighted by Crippen LogP contribution is -2.33. The number of carbonyl (C=O) groups excluding carboxylic acids is 1. The Bertz CT molecular complexity index is 606. The smallest absolute Gasteiger partial charge is 0.223 e. The number of aliphatic hydroxyl groups is 1. The molecule has 2 heterocycles. The van der Waals surface area contributed by atoms with Crippen molar-refractivity contribution in [1.29, 1.82) is 0 Å². The van der Waals surface area contributed by atoms with Crippen molar-refractivity contribution in [3.05, 3.63) is 30.1 Å². The first-order chi connectivity index (χ1) is 10.3. The van der Waals surface area contributed by atoms with Gasteiger partial charge in [0.1, 0.15) is 0 Å². The highest BCUT2D eigenvalue weighted by Gasteiger charge is 2.33. The number of hydrogen-bond acceptors (Lipinski definition) is 5. The van der Waals surface area contributed by atoms with Crippen LogP contribution in [0.1, 0.15) is 12.1 Å². The van der Waals surface area contributed by atoms with Crippen LogP contribution in [-0.2, 0) is 21.2 Å². The van der Waals surface area contributed by atoms with Crippen molar-refractivity contribution in [3.8, 4) is 0 Å². The molecule has 0 saturated carbocycles. The van der Waals surface area contributed by atoms with E-state index in [2.05, 4.69) is 9.71 Å². The van der Waals surface area contributed by atoms with E-state index in [-0.39, 0.29) is 31.3 Å². The zero-order valence-electron chi connectivity index (χ0n) is 12.5. The summed E-state index contributed by atoms with van der Waals surface area (Å²) in [5, 5.41) is 10.1. The van der Waals surface area contributed by atoms with Crippen LogP contribution < -0.4 is 4.72 Å². The normalized spacial score (nSPS) is 22.0. The fourth-order valence-corrected chi connectivity index (χ4v) is 3.02. The summed E-state index contributed by atoms with van der Waals surface area (Å²) in [5.41, 5.74) is 0.889. The van der Waals surface area contributed by atoms with Crippen molar-refractivity contribution in [3.63, 3.8) is 0 Å². The van der Waals surface area contributed by atoms with Gasteiger partial charge in [0.05, 0.1) is 12.4 Å². The molecule has 1 saturated heterocycles. The van der Waals surface area contributed by atoms with Gasteiger partial charge in [0, 0.05) is 43.9 Å². The molecule has 7 nitrogen and oxygen atoms in total. The fourth-order valence-electron chi connectivity index (χ4n) is 2.55. The molecule has 1 aromatic heterocycles. The zero-order valence-corrected chi connectivity index (χ0v) is 13.3. The molecule has 0 radical (unpaired) electrons. The molecule has 1 aliphatic heterocycles. The maximum atomic E-state index is 12.0. The second-order valence-corrected chi connectivity index (χ2v) is 7.40. The molecule has 1 fully saturated rings. The van der Waals surface area contributed by atoms with Gasteiger partial charge in [0.25, 0.3) is 0 Å². The van der Waals surface area contributed by atoms with Crippen molar-refractivity contribution < 1.29 is 18.3 Å². The third-order valence-corrected chi connectivity index (χ3v) is 4.39. The molecule has 0 aliphatic carbocycles. The number of pyridine rings is 1. The Kier molecular flexibility index (Phi) is 5.49. The predicted molar refractivity (Wildman–Crippen MR) is 81.5 cm³/mol. The van der Waals surface area contributed by atoms with E-state index in [1.807, 2.05) is 18.2 Å². The Hall–Kier alpha value is -1.51. The summed E-state index contributed by atoms with van der Waals surface area (Å²) in [6.45, 7) is 0.833. The van der Waals surface area contributed by atoms with Crippen molar-refractivity contribution in [2.75, 3.05) is 25.9 Å². The molecule has 0 bridgehead atoms. The number of nitrogens with zero attached hydrogens (tertiary/aromatic N) is 2. The maximum absolute atomic E-state index is 12.0. The molecule has 2 N–H and O–H groups in total. The summed E-state index contributed by atoms with van der Waals surface area (Å²) in [6.07, 6.45) is 2.90. The van der Waals surface area contributed by atoms with Gasteiger partial charge in [-0.2, -0.15) is 0 Å². The van der Waals surface area contributed by atoms with Crippen LogP contribution in [0, 0.1) is 5.92 Å². The molecule has 1 aromatic rings. The van der Waals surface area contributed by atoms with E-state index in [4.69, 9.17) is 0 Å². The highest BCUT2D eigenvalue weighted by Crippen LogP contribution is 2.21. The van der Waals surface area contributed by atoms with Crippen LogP contribution in [-0.4, -0.2) is 61.3 Å². The van der Waals surface area contributed by atoms with Gasteiger partial charge >= 0.3 is 0 Å². The SMILES string of the molecule is CS(=O)(=O)NCCC(=O)N1C[C@@H](Cc2ccccn2)[C@H](O)C1. The van der Waals surface area contributed by atoms with E-state index >= 15 is 0 Å². The van der Waals surface area contributed by atoms with Gasteiger partial charge in [0.2, 0.25) is 15.9 Å². The first-order valence-electron chi connectivity index (χ1n) is 7.15. The van der Waals surface area contributed by atoms with Crippen molar-refractivity contribution >= 4 is 15.9 Å². The van der Waals surface area contributed by atoms with Crippen molar-refractivity contribution in [2.45, 2.75) is 18.9 Å². The van der Waals surface area contributed by atoms with E-state index in [0.29, 0.717) is 13.0 Å². The number of nitrogens with one attached hydrogen (secondary N) is 1. The lowest BCUT2D eigenvalue weighted by atomic mass is 10.00. The summed E-state index contributed by atoms with van der Waals surface area (Å²) in [7, 11) is -3.28. The Balaban J connectivity index is 1.83. The van der Waals surface area contributed by atoms with Crippen molar-refractivity contribution in [2.24, 2.45) is 5.92 Å². The Labute approximate surface area is 130 Å². The number of carbonyl (C=O) groups is 1. The topological polar surface area (TPSA) is 99.6 Å². The summed E-state index contributed by atoms with van der Waals surface area (Å²) in [5.74, 6) is -0.194. The number of rotatable bonds is 6. The van der Waals surface area contributed by atoms with Gasteiger partial charge < -0.3 is 10.0 Å². The van der Waals surface area contributed by atoms with Gasteiger partial charge in [-0.05, 0) is 18.6 Å². The van der Waals surface area contributed by atoms with Gasteiger partial charge in [-0.15, -0.1) is 0 Å². The number of aromatic nitrogens is 1. The van der Waals surface area contributed by atoms with Crippen molar-refractivity contribution in [1.82, 2.24) is 14.6 Å². The average Bonchev–Trinajstić information content (AvgIpc) is 2.80. The van der Waals surface area contributed by atoms with E-state index < -0.39 is 16.1 Å². The Morgan fingerprint density at radius 1 is 1.45 bits per heavy atom. The lowest BCUT2D eigenvalue weighted by Gasteiger charge is -2.16. The van der Waals surface area contributed by atoms with Gasteiger partial charge in [-0.1, -0.05) is 6.07 Å². The molecule has 1 amide bonds. The van der Waals surface area contributed by atoms with Crippen LogP contribution in [0.5, 0.6) is 0 Å². The Morgan fingerprint density at radius 3 is 2.86 bits per heavy atom. The minimum Gasteiger partial charge on any atom is -0.391 e. The third-order valence-electron chi connectivity index (χ3n) is 3.66. The summed E-state index contributed by atoms with van der Waals surface area (Å²) in [6, 6.07) is 5.62. The highest BCUT2D eigenvalue weighted by molar-refractivity contribution is 7.88. The third kappa shape index (κ3) is 5.04. The van der Waals surface area contributed by atoms with E-state index in [1.165, 1.54) is 0 Å². The zero-order chi connectivity index (χ0) is 16.2. The standard InChI is InChI=1S/C14H21N3O4S/c1-22(20,21)16-7-5-14(19)17-9-11(13(18)10-17)8-12-4-2-3-6-15-12/h2-4,6,11,13,16,18H,5,7-10H2,1H3/t11-,13-/m1/s1. The molecule has 0 aromatic carbocycles. The number of aliphatic hydroxyl groups excluding tert-OH is 1. The van der Waals surface area contributed by atoms with Crippen LogP contribution >= 0.6 is 0 Å². The summed E-state index contributed by atoms with van der Waals surface area (Å²) < 4.78 is 24.2. The summed E-state index contributed by atoms with van der Waals surface area (Å²) in [4.78, 5) is 17.9. The lowest BCUT2D eigenvalue weighted by molar-refractivity contribution is -0.130. The van der Waals surface area contributed by atoms with Gasteiger partial charge in [-0.25, -0.2) is 13.1 Å². The number of likely N-dealkylation sites (tertiary alicyclic amines) is 1. The average molecular weight is 327 g/mol. The Morgan fingerprint density at radius 2 is 2.23 bits per heavy atom. The van der Waals surface area contributed by atoms with Gasteiger partial charge in [-0.3, -0.25) is 9.78 Å². The van der Waals surface area contributed by atoms with Crippen LogP contribution in [0.25, 0.3) is 0 Å². The molecule has 22 heavy (non-hydrogen) atoms. The maximum Gasteiger partial charge on any atom is 0.223 e. The molecular weight excluding hydrogens is 306 g/mol. The van der Waals surface area contributed by atoms with Crippen LogP contribution in [0.3, 0.4) is 0 Å². The quantitative estimate of drug-likeness (QED) is 0.726. The number of hydrogen-bond donors (Lipinski definition) is 2. The molecule has 2 atom stereocenters. The van der Waals surface area contributed by atoms with Crippen LogP contribution in [0.2, 0.25) is 0 Å². The number of sulfonamides is 1. The number of amides is 1. The first kappa shape index (κ1) is 16.9. The highest BCUT2D eigenvalue weighted by atomic mass is 32.2. The van der Waals surface area contributed by atoms with Crippen LogP contribution in [0.4, 0.5) is 0 Å². The molecule has 8 heteroatoms. The molecule has 1 aliphatic rings. The van der Waals surface area contributed by atoms with E-state index in [1.54, 1.807) is 11.1 Å². The molecule has 122 valence electrons. The minimum atomic E-state index is -3.28. The monoisotopic (exact) mass is 327 g/mol. The number of β-amino-alcohol motifs (C(OH)–C–C–N with tert-alkyl or cyclic N) is 1. The van der Waals surface area contributed by atoms with Crippen LogP contribution in [0.15, 0.2) is 24.4 Å².